The Labute approximate surface area is 303 Å². The molecule has 4 fully saturated rings. The topological polar surface area (TPSA) is 187 Å². The van der Waals surface area contributed by atoms with Gasteiger partial charge in [0.15, 0.2) is 5.79 Å². The fourth-order valence-electron chi connectivity index (χ4n) is 9.62. The summed E-state index contributed by atoms with van der Waals surface area (Å²) in [5, 5.41) is 43.3. The summed E-state index contributed by atoms with van der Waals surface area (Å²) < 4.78 is 32.7. The van der Waals surface area contributed by atoms with Crippen LogP contribution < -0.4 is 5.73 Å². The van der Waals surface area contributed by atoms with Crippen molar-refractivity contribution >= 4 is 11.8 Å². The van der Waals surface area contributed by atoms with E-state index in [1.807, 2.05) is 34.6 Å². The summed E-state index contributed by atoms with van der Waals surface area (Å²) in [6, 6.07) is -0.864. The molecule has 0 aromatic heterocycles. The Morgan fingerprint density at radius 1 is 0.941 bits per heavy atom. The number of aliphatic hydroxyl groups excluding tert-OH is 2. The number of aliphatic carboxylic acids is 1. The number of hydrogen-bond acceptors (Lipinski definition) is 11. The number of ketones is 1. The monoisotopic (exact) mass is 723 g/mol. The van der Waals surface area contributed by atoms with Crippen molar-refractivity contribution in [2.45, 2.75) is 191 Å². The molecule has 0 aliphatic carbocycles. The molecule has 51 heavy (non-hydrogen) atoms. The molecule has 0 radical (unpaired) electrons. The van der Waals surface area contributed by atoms with Gasteiger partial charge in [-0.1, -0.05) is 41.5 Å². The van der Waals surface area contributed by atoms with E-state index in [1.165, 1.54) is 0 Å². The summed E-state index contributed by atoms with van der Waals surface area (Å²) in [6.07, 6.45) is 5.18. The zero-order valence-electron chi connectivity index (χ0n) is 31.7. The molecular weight excluding hydrogens is 658 g/mol. The summed E-state index contributed by atoms with van der Waals surface area (Å²) >= 11 is 0. The number of ether oxygens (including phenoxy) is 5. The number of rotatable bonds is 12. The number of aliphatic hydroxyl groups is 3. The zero-order valence-corrected chi connectivity index (χ0v) is 31.7. The molecule has 0 bridgehead atoms. The lowest BCUT2D eigenvalue weighted by Crippen LogP contribution is -2.62. The van der Waals surface area contributed by atoms with E-state index in [9.17, 15) is 30.0 Å². The molecule has 0 aromatic carbocycles. The summed E-state index contributed by atoms with van der Waals surface area (Å²) in [5.41, 5.74) is 5.70. The van der Waals surface area contributed by atoms with Crippen LogP contribution in [0.1, 0.15) is 119 Å². The van der Waals surface area contributed by atoms with E-state index < -0.39 is 77.5 Å². The third-order valence-corrected chi connectivity index (χ3v) is 13.3. The first-order valence-corrected chi connectivity index (χ1v) is 19.7. The van der Waals surface area contributed by atoms with Gasteiger partial charge in [-0.15, -0.1) is 0 Å². The fraction of sp³-hybridized carbons (Fsp3) is 0.897. The number of carbonyl (C=O) groups excluding carboxylic acids is 1. The highest BCUT2D eigenvalue weighted by Gasteiger charge is 2.60. The number of carboxylic acids is 1. The normalized spacial score (nSPS) is 44.6. The van der Waals surface area contributed by atoms with E-state index in [4.69, 9.17) is 29.4 Å². The average Bonchev–Trinajstić information content (AvgIpc) is 3.53. The molecule has 0 aromatic rings. The molecule has 0 saturated carbocycles. The first-order valence-electron chi connectivity index (χ1n) is 19.7. The lowest BCUT2D eigenvalue weighted by Gasteiger charge is -2.53. The maximum Gasteiger partial charge on any atom is 0.309 e. The second-order valence-corrected chi connectivity index (χ2v) is 16.4. The Morgan fingerprint density at radius 2 is 1.61 bits per heavy atom. The van der Waals surface area contributed by atoms with E-state index in [0.717, 1.165) is 6.42 Å². The number of carbonyl (C=O) groups is 2. The van der Waals surface area contributed by atoms with Crippen LogP contribution in [0.25, 0.3) is 0 Å². The summed E-state index contributed by atoms with van der Waals surface area (Å²) in [7, 11) is 0. The van der Waals surface area contributed by atoms with E-state index in [0.29, 0.717) is 64.2 Å². The Bertz CT molecular complexity index is 1250. The van der Waals surface area contributed by atoms with Crippen molar-refractivity contribution in [3.63, 3.8) is 0 Å². The molecule has 17 unspecified atom stereocenters. The van der Waals surface area contributed by atoms with Crippen LogP contribution >= 0.6 is 0 Å². The van der Waals surface area contributed by atoms with Crippen LogP contribution in [-0.4, -0.2) is 104 Å². The molecule has 5 aliphatic rings. The number of carboxylic acid groups (broad SMARTS) is 1. The molecule has 17 atom stereocenters. The van der Waals surface area contributed by atoms with Gasteiger partial charge < -0.3 is 49.8 Å². The highest BCUT2D eigenvalue weighted by molar-refractivity contribution is 5.84. The van der Waals surface area contributed by atoms with E-state index in [-0.39, 0.29) is 35.9 Å². The maximum absolute atomic E-state index is 14.3. The molecule has 4 saturated heterocycles. The van der Waals surface area contributed by atoms with Crippen molar-refractivity contribution in [1.82, 2.24) is 0 Å². The predicted molar refractivity (Wildman–Crippen MR) is 188 cm³/mol. The zero-order chi connectivity index (χ0) is 37.5. The highest BCUT2D eigenvalue weighted by atomic mass is 16.8. The Kier molecular flexibility index (Phi) is 12.8. The van der Waals surface area contributed by atoms with Crippen molar-refractivity contribution in [2.24, 2.45) is 35.3 Å². The van der Waals surface area contributed by atoms with E-state index in [1.54, 1.807) is 19.1 Å². The van der Waals surface area contributed by atoms with Gasteiger partial charge in [0.2, 0.25) is 5.79 Å². The third kappa shape index (κ3) is 7.87. The molecule has 5 aliphatic heterocycles. The number of nitrogens with two attached hydrogens (primary N) is 1. The van der Waals surface area contributed by atoms with Gasteiger partial charge in [0, 0.05) is 24.2 Å². The number of hydrogen-bond donors (Lipinski definition) is 5. The minimum atomic E-state index is -1.35. The van der Waals surface area contributed by atoms with Gasteiger partial charge in [-0.05, 0) is 89.2 Å². The summed E-state index contributed by atoms with van der Waals surface area (Å²) in [4.78, 5) is 26.1. The van der Waals surface area contributed by atoms with Crippen LogP contribution in [0.4, 0.5) is 0 Å². The first-order chi connectivity index (χ1) is 24.0. The van der Waals surface area contributed by atoms with Gasteiger partial charge in [-0.2, -0.15) is 0 Å². The van der Waals surface area contributed by atoms with Crippen molar-refractivity contribution in [2.75, 3.05) is 0 Å². The molecular formula is C39H65NO11. The fourth-order valence-corrected chi connectivity index (χ4v) is 9.62. The van der Waals surface area contributed by atoms with Gasteiger partial charge in [0.1, 0.15) is 11.9 Å². The lowest BCUT2D eigenvalue weighted by molar-refractivity contribution is -0.401. The van der Waals surface area contributed by atoms with Crippen LogP contribution in [0, 0.1) is 29.6 Å². The van der Waals surface area contributed by atoms with Crippen molar-refractivity contribution < 1.29 is 53.7 Å². The highest BCUT2D eigenvalue weighted by Crippen LogP contribution is 2.51. The van der Waals surface area contributed by atoms with Gasteiger partial charge in [0.05, 0.1) is 60.3 Å². The van der Waals surface area contributed by atoms with Gasteiger partial charge in [-0.25, -0.2) is 0 Å². The maximum atomic E-state index is 14.3. The van der Waals surface area contributed by atoms with Crippen molar-refractivity contribution in [3.05, 3.63) is 12.2 Å². The Morgan fingerprint density at radius 3 is 2.24 bits per heavy atom. The van der Waals surface area contributed by atoms with Gasteiger partial charge >= 0.3 is 5.97 Å². The van der Waals surface area contributed by atoms with Gasteiger partial charge in [-0.3, -0.25) is 9.59 Å². The summed E-state index contributed by atoms with van der Waals surface area (Å²) in [5.74, 6) is -5.81. The van der Waals surface area contributed by atoms with E-state index in [2.05, 4.69) is 6.92 Å². The largest absolute Gasteiger partial charge is 0.481 e. The van der Waals surface area contributed by atoms with Crippen molar-refractivity contribution in [1.29, 1.82) is 0 Å². The summed E-state index contributed by atoms with van der Waals surface area (Å²) in [6.45, 7) is 13.4. The molecule has 12 nitrogen and oxygen atoms in total. The molecule has 2 spiro atoms. The Balaban J connectivity index is 1.28. The molecule has 0 amide bonds. The van der Waals surface area contributed by atoms with Crippen LogP contribution in [0.5, 0.6) is 0 Å². The number of Topliss-reactive ketones (excluding diaryl/α,β-unsaturated/α-hetero) is 1. The van der Waals surface area contributed by atoms with Crippen LogP contribution in [0.2, 0.25) is 0 Å². The molecule has 292 valence electrons. The second-order valence-electron chi connectivity index (χ2n) is 16.4. The third-order valence-electron chi connectivity index (χ3n) is 13.3. The van der Waals surface area contributed by atoms with E-state index >= 15 is 0 Å². The molecule has 12 heteroatoms. The predicted octanol–water partition coefficient (Wildman–Crippen LogP) is 4.24. The van der Waals surface area contributed by atoms with Gasteiger partial charge in [0.25, 0.3) is 0 Å². The minimum Gasteiger partial charge on any atom is -0.481 e. The first kappa shape index (κ1) is 40.7. The van der Waals surface area contributed by atoms with Crippen molar-refractivity contribution in [3.8, 4) is 0 Å². The van der Waals surface area contributed by atoms with Crippen LogP contribution in [-0.2, 0) is 33.3 Å². The van der Waals surface area contributed by atoms with Crippen LogP contribution in [0.15, 0.2) is 12.2 Å². The smallest absolute Gasteiger partial charge is 0.309 e. The molecule has 6 N–H and O–H groups in total. The van der Waals surface area contributed by atoms with Crippen LogP contribution in [0.3, 0.4) is 0 Å². The lowest BCUT2D eigenvalue weighted by atomic mass is 9.74. The Hall–Kier alpha value is -1.48. The average molecular weight is 724 g/mol. The standard InChI is InChI=1S/C39H65NO11/c1-8-25(36(44)45)27-12-11-13-30(48-27)32(40)34(43)23(6)33(42)26(9-2)35-21(4)20-22(5)38(50-35)19-16-31(41)39(51-38)18-15-29(49-39)28-14-17-37(46,10-3)24(7)47-28/h16,19,21-32,34-35,41,43,46H,8-15,17-18,20,40H2,1-7H3,(H,44,45). The quantitative estimate of drug-likeness (QED) is 0.181. The second kappa shape index (κ2) is 16.1. The SMILES string of the molecule is CCC(C(=O)O)C1CCCC(C(N)C(O)C(C)C(=O)C(CC)C2OC3(C=CC(O)C4(CCC(C5CCC(O)(CC)C(C)O5)O4)O3)C(C)CC2C)O1. The minimum absolute atomic E-state index is 0.00606. The molecule has 5 rings (SSSR count). The molecule has 5 heterocycles.